The standard InChI is InChI=1S/C16H12N4O7S/c17-10-3-6-14(28(25,26)27)9-2-5-12(16(22)15(9)10)19-18-11-4-1-8(20(23)24)7-13(11)21/h1-7,21-22H,17H2,(H,25,26,27). The Morgan fingerprint density at radius 3 is 2.25 bits per heavy atom. The molecule has 0 heterocycles. The van der Waals surface area contributed by atoms with Crippen LogP contribution in [0.15, 0.2) is 57.6 Å². The third-order valence-electron chi connectivity index (χ3n) is 3.84. The summed E-state index contributed by atoms with van der Waals surface area (Å²) in [6, 6.07) is 7.99. The maximum atomic E-state index is 11.5. The van der Waals surface area contributed by atoms with Crippen LogP contribution in [-0.4, -0.2) is 28.1 Å². The largest absolute Gasteiger partial charge is 0.505 e. The van der Waals surface area contributed by atoms with Gasteiger partial charge in [0.2, 0.25) is 0 Å². The van der Waals surface area contributed by atoms with Crippen LogP contribution in [0.1, 0.15) is 0 Å². The Hall–Kier alpha value is -3.77. The molecule has 28 heavy (non-hydrogen) atoms. The van der Waals surface area contributed by atoms with E-state index < -0.39 is 31.4 Å². The second-order valence-electron chi connectivity index (χ2n) is 5.61. The predicted molar refractivity (Wildman–Crippen MR) is 98.8 cm³/mol. The van der Waals surface area contributed by atoms with Gasteiger partial charge >= 0.3 is 0 Å². The Labute approximate surface area is 157 Å². The van der Waals surface area contributed by atoms with Gasteiger partial charge in [0.05, 0.1) is 16.4 Å². The predicted octanol–water partition coefficient (Wildman–Crippen LogP) is 3.40. The summed E-state index contributed by atoms with van der Waals surface area (Å²) < 4.78 is 32.3. The van der Waals surface area contributed by atoms with E-state index in [-0.39, 0.29) is 33.5 Å². The first-order valence-electron chi connectivity index (χ1n) is 7.50. The quantitative estimate of drug-likeness (QED) is 0.167. The minimum Gasteiger partial charge on any atom is -0.505 e. The molecule has 11 nitrogen and oxygen atoms in total. The lowest BCUT2D eigenvalue weighted by atomic mass is 10.1. The first kappa shape index (κ1) is 19.0. The van der Waals surface area contributed by atoms with Gasteiger partial charge in [-0.25, -0.2) is 0 Å². The molecule has 0 fully saturated rings. The molecule has 144 valence electrons. The molecule has 0 amide bonds. The van der Waals surface area contributed by atoms with Crippen molar-refractivity contribution < 1.29 is 28.1 Å². The number of hydrogen-bond acceptors (Lipinski definition) is 9. The maximum Gasteiger partial charge on any atom is 0.295 e. The van der Waals surface area contributed by atoms with E-state index >= 15 is 0 Å². The number of nitro benzene ring substituents is 1. The first-order valence-corrected chi connectivity index (χ1v) is 8.94. The molecule has 0 aliphatic carbocycles. The Morgan fingerprint density at radius 2 is 1.64 bits per heavy atom. The number of nitrogens with two attached hydrogens (primary N) is 1. The summed E-state index contributed by atoms with van der Waals surface area (Å²) in [4.78, 5) is 9.55. The molecule has 0 radical (unpaired) electrons. The lowest BCUT2D eigenvalue weighted by molar-refractivity contribution is -0.384. The molecule has 0 spiro atoms. The van der Waals surface area contributed by atoms with Gasteiger partial charge in [-0.1, -0.05) is 6.07 Å². The Kier molecular flexibility index (Phi) is 4.58. The highest BCUT2D eigenvalue weighted by atomic mass is 32.2. The van der Waals surface area contributed by atoms with E-state index in [4.69, 9.17) is 5.73 Å². The van der Waals surface area contributed by atoms with E-state index in [2.05, 4.69) is 10.2 Å². The highest BCUT2D eigenvalue weighted by Gasteiger charge is 2.19. The van der Waals surface area contributed by atoms with E-state index in [1.54, 1.807) is 0 Å². The maximum absolute atomic E-state index is 11.5. The molecule has 0 saturated carbocycles. The number of benzene rings is 3. The van der Waals surface area contributed by atoms with E-state index in [0.717, 1.165) is 18.2 Å². The number of anilines is 1. The number of non-ortho nitro benzene ring substituents is 1. The summed E-state index contributed by atoms with van der Waals surface area (Å²) >= 11 is 0. The average molecular weight is 404 g/mol. The number of phenolic OH excluding ortho intramolecular Hbond substituents is 2. The number of nitrogens with zero attached hydrogens (tertiary/aromatic N) is 3. The molecule has 12 heteroatoms. The first-order chi connectivity index (χ1) is 13.1. The van der Waals surface area contributed by atoms with Crippen LogP contribution >= 0.6 is 0 Å². The monoisotopic (exact) mass is 404 g/mol. The Morgan fingerprint density at radius 1 is 1.00 bits per heavy atom. The lowest BCUT2D eigenvalue weighted by Gasteiger charge is -2.09. The van der Waals surface area contributed by atoms with Crippen molar-refractivity contribution in [1.82, 2.24) is 0 Å². The van der Waals surface area contributed by atoms with Gasteiger partial charge in [0.25, 0.3) is 15.8 Å². The molecule has 0 bridgehead atoms. The molecular formula is C16H12N4O7S. The molecule has 0 unspecified atom stereocenters. The van der Waals surface area contributed by atoms with Gasteiger partial charge in [-0.3, -0.25) is 14.7 Å². The van der Waals surface area contributed by atoms with Crippen LogP contribution in [0.5, 0.6) is 11.5 Å². The van der Waals surface area contributed by atoms with Crippen LogP contribution in [0.2, 0.25) is 0 Å². The highest BCUT2D eigenvalue weighted by Crippen LogP contribution is 2.41. The number of nitro groups is 1. The normalized spacial score (nSPS) is 11.9. The van der Waals surface area contributed by atoms with Crippen molar-refractivity contribution in [2.75, 3.05) is 5.73 Å². The van der Waals surface area contributed by atoms with Gasteiger partial charge in [0.15, 0.2) is 5.75 Å². The van der Waals surface area contributed by atoms with Crippen molar-refractivity contribution in [2.45, 2.75) is 4.90 Å². The van der Waals surface area contributed by atoms with Crippen LogP contribution < -0.4 is 5.73 Å². The van der Waals surface area contributed by atoms with Crippen molar-refractivity contribution in [3.63, 3.8) is 0 Å². The number of hydrogen-bond donors (Lipinski definition) is 4. The third kappa shape index (κ3) is 3.41. The number of azo groups is 1. The highest BCUT2D eigenvalue weighted by molar-refractivity contribution is 7.86. The van der Waals surface area contributed by atoms with Crippen molar-refractivity contribution in [1.29, 1.82) is 0 Å². The van der Waals surface area contributed by atoms with Crippen LogP contribution in [0.25, 0.3) is 10.8 Å². The van der Waals surface area contributed by atoms with E-state index in [9.17, 15) is 33.3 Å². The molecule has 0 aliphatic rings. The Bertz CT molecular complexity index is 1260. The van der Waals surface area contributed by atoms with E-state index in [1.165, 1.54) is 24.3 Å². The summed E-state index contributed by atoms with van der Waals surface area (Å²) in [7, 11) is -4.56. The van der Waals surface area contributed by atoms with Crippen molar-refractivity contribution in [3.8, 4) is 11.5 Å². The number of fused-ring (bicyclic) bond motifs is 1. The second-order valence-corrected chi connectivity index (χ2v) is 7.00. The minimum atomic E-state index is -4.56. The van der Waals surface area contributed by atoms with Gasteiger partial charge in [-0.15, -0.1) is 10.2 Å². The van der Waals surface area contributed by atoms with Crippen LogP contribution in [-0.2, 0) is 10.1 Å². The average Bonchev–Trinajstić information content (AvgIpc) is 2.60. The Balaban J connectivity index is 2.10. The molecular weight excluding hydrogens is 392 g/mol. The number of aromatic hydroxyl groups is 2. The lowest BCUT2D eigenvalue weighted by Crippen LogP contribution is -2.00. The second kappa shape index (κ2) is 6.75. The zero-order valence-corrected chi connectivity index (χ0v) is 14.7. The fourth-order valence-corrected chi connectivity index (χ4v) is 3.23. The molecule has 3 rings (SSSR count). The number of rotatable bonds is 4. The summed E-state index contributed by atoms with van der Waals surface area (Å²) in [5.74, 6) is -0.989. The fourth-order valence-electron chi connectivity index (χ4n) is 2.54. The topological polar surface area (TPSA) is 189 Å². The summed E-state index contributed by atoms with van der Waals surface area (Å²) in [6.45, 7) is 0. The molecule has 0 aromatic heterocycles. The minimum absolute atomic E-state index is 0.0165. The summed E-state index contributed by atoms with van der Waals surface area (Å²) in [6.07, 6.45) is 0. The zero-order valence-electron chi connectivity index (χ0n) is 13.8. The van der Waals surface area contributed by atoms with Gasteiger partial charge in [-0.05, 0) is 24.3 Å². The van der Waals surface area contributed by atoms with Crippen LogP contribution in [0.4, 0.5) is 22.7 Å². The molecule has 3 aromatic rings. The molecule has 0 atom stereocenters. The smallest absolute Gasteiger partial charge is 0.295 e. The molecule has 5 N–H and O–H groups in total. The van der Waals surface area contributed by atoms with Gasteiger partial charge < -0.3 is 15.9 Å². The van der Waals surface area contributed by atoms with Gasteiger partial charge in [0.1, 0.15) is 22.0 Å². The van der Waals surface area contributed by atoms with Crippen molar-refractivity contribution >= 4 is 43.6 Å². The molecule has 0 aliphatic heterocycles. The van der Waals surface area contributed by atoms with Gasteiger partial charge in [0, 0.05) is 17.1 Å². The van der Waals surface area contributed by atoms with Crippen LogP contribution in [0, 0.1) is 10.1 Å². The van der Waals surface area contributed by atoms with Crippen LogP contribution in [0.3, 0.4) is 0 Å². The SMILES string of the molecule is Nc1ccc(S(=O)(=O)O)c2ccc(N=Nc3ccc([N+](=O)[O-])cc3O)c(O)c12. The van der Waals surface area contributed by atoms with E-state index in [1.807, 2.05) is 0 Å². The fraction of sp³-hybridized carbons (Fsp3) is 0. The zero-order chi connectivity index (χ0) is 20.6. The van der Waals surface area contributed by atoms with Crippen molar-refractivity contribution in [3.05, 3.63) is 52.6 Å². The van der Waals surface area contributed by atoms with E-state index in [0.29, 0.717) is 0 Å². The number of phenols is 2. The van der Waals surface area contributed by atoms with Gasteiger partial charge in [-0.2, -0.15) is 8.42 Å². The molecule has 0 saturated heterocycles. The molecule has 3 aromatic carbocycles. The van der Waals surface area contributed by atoms with Crippen molar-refractivity contribution in [2.24, 2.45) is 10.2 Å². The summed E-state index contributed by atoms with van der Waals surface area (Å²) in [5, 5.41) is 38.3. The third-order valence-corrected chi connectivity index (χ3v) is 4.75. The summed E-state index contributed by atoms with van der Waals surface area (Å²) in [5.41, 5.74) is 5.30. The number of nitrogen functional groups attached to an aromatic ring is 1.